The first kappa shape index (κ1) is 13.1. The van der Waals surface area contributed by atoms with E-state index in [-0.39, 0.29) is 11.4 Å². The number of benzene rings is 1. The van der Waals surface area contributed by atoms with Crippen LogP contribution in [0, 0.1) is 5.92 Å². The normalized spacial score (nSPS) is 22.4. The van der Waals surface area contributed by atoms with Gasteiger partial charge in [-0.2, -0.15) is 0 Å². The summed E-state index contributed by atoms with van der Waals surface area (Å²) >= 11 is 0. The molecule has 1 unspecified atom stereocenters. The quantitative estimate of drug-likeness (QED) is 0.929. The number of amides is 1. The third kappa shape index (κ3) is 2.17. The Labute approximate surface area is 119 Å². The Balaban J connectivity index is 2.01. The number of hydrogen-bond acceptors (Lipinski definition) is 2. The average Bonchev–Trinajstić information content (AvgIpc) is 2.82. The van der Waals surface area contributed by atoms with Crippen LogP contribution in [0.15, 0.2) is 36.7 Å². The Bertz CT molecular complexity index is 645. The van der Waals surface area contributed by atoms with Crippen LogP contribution in [0.2, 0.25) is 0 Å². The van der Waals surface area contributed by atoms with Crippen LogP contribution in [0.25, 0.3) is 10.8 Å². The molecular weight excluding hydrogens is 248 g/mol. The fourth-order valence-electron chi connectivity index (χ4n) is 3.17. The van der Waals surface area contributed by atoms with Crippen molar-refractivity contribution < 1.29 is 4.79 Å². The molecule has 1 aliphatic heterocycles. The van der Waals surface area contributed by atoms with Crippen LogP contribution in [0.4, 0.5) is 0 Å². The summed E-state index contributed by atoms with van der Waals surface area (Å²) in [7, 11) is 0. The second-order valence-electron chi connectivity index (χ2n) is 6.06. The molecule has 1 saturated heterocycles. The van der Waals surface area contributed by atoms with E-state index in [1.54, 1.807) is 0 Å². The van der Waals surface area contributed by atoms with Gasteiger partial charge in [0.2, 0.25) is 5.91 Å². The molecule has 104 valence electrons. The van der Waals surface area contributed by atoms with Gasteiger partial charge in [0.1, 0.15) is 0 Å². The van der Waals surface area contributed by atoms with Crippen molar-refractivity contribution in [3.8, 4) is 0 Å². The second-order valence-corrected chi connectivity index (χ2v) is 6.06. The number of hydrogen-bond donors (Lipinski definition) is 1. The highest BCUT2D eigenvalue weighted by Crippen LogP contribution is 2.33. The zero-order valence-corrected chi connectivity index (χ0v) is 12.0. The molecule has 0 spiro atoms. The molecule has 3 rings (SSSR count). The summed E-state index contributed by atoms with van der Waals surface area (Å²) < 4.78 is 0. The van der Waals surface area contributed by atoms with Gasteiger partial charge in [0.05, 0.1) is 0 Å². The molecule has 1 aromatic carbocycles. The maximum atomic E-state index is 11.7. The molecule has 1 N–H and O–H groups in total. The van der Waals surface area contributed by atoms with E-state index >= 15 is 0 Å². The maximum absolute atomic E-state index is 11.7. The second kappa shape index (κ2) is 4.89. The highest BCUT2D eigenvalue weighted by atomic mass is 16.2. The molecule has 0 bridgehead atoms. The third-order valence-electron chi connectivity index (χ3n) is 4.55. The van der Waals surface area contributed by atoms with Gasteiger partial charge >= 0.3 is 0 Å². The summed E-state index contributed by atoms with van der Waals surface area (Å²) in [6.07, 6.45) is 6.24. The molecule has 0 saturated carbocycles. The highest BCUT2D eigenvalue weighted by molar-refractivity contribution is 5.85. The van der Waals surface area contributed by atoms with E-state index < -0.39 is 0 Å². The highest BCUT2D eigenvalue weighted by Gasteiger charge is 2.40. The van der Waals surface area contributed by atoms with Gasteiger partial charge in [-0.25, -0.2) is 0 Å². The van der Waals surface area contributed by atoms with Crippen molar-refractivity contribution >= 4 is 16.7 Å². The Morgan fingerprint density at radius 3 is 2.80 bits per heavy atom. The standard InChI is InChI=1S/C17H20N2O/c1-12(2)17(8-7-16(20)19-17)9-14-11-18-10-13-5-3-4-6-15(13)14/h3-6,10-12H,7-9H2,1-2H3,(H,19,20). The third-order valence-corrected chi connectivity index (χ3v) is 4.55. The summed E-state index contributed by atoms with van der Waals surface area (Å²) in [5.41, 5.74) is 1.10. The van der Waals surface area contributed by atoms with Crippen LogP contribution >= 0.6 is 0 Å². The number of aromatic nitrogens is 1. The monoisotopic (exact) mass is 268 g/mol. The Morgan fingerprint density at radius 2 is 2.10 bits per heavy atom. The van der Waals surface area contributed by atoms with Gasteiger partial charge in [0.25, 0.3) is 0 Å². The molecule has 1 aliphatic rings. The summed E-state index contributed by atoms with van der Waals surface area (Å²) in [5.74, 6) is 0.583. The first-order valence-electron chi connectivity index (χ1n) is 7.23. The van der Waals surface area contributed by atoms with E-state index in [1.165, 1.54) is 10.9 Å². The zero-order chi connectivity index (χ0) is 14.2. The molecular formula is C17H20N2O. The van der Waals surface area contributed by atoms with Crippen LogP contribution in [0.5, 0.6) is 0 Å². The van der Waals surface area contributed by atoms with Crippen LogP contribution in [0.3, 0.4) is 0 Å². The first-order chi connectivity index (χ1) is 9.61. The van der Waals surface area contributed by atoms with E-state index in [1.807, 2.05) is 18.5 Å². The molecule has 1 aromatic heterocycles. The molecule has 3 heteroatoms. The molecule has 3 nitrogen and oxygen atoms in total. The molecule has 1 atom stereocenters. The number of pyridine rings is 1. The van der Waals surface area contributed by atoms with Crippen molar-refractivity contribution in [3.05, 3.63) is 42.2 Å². The van der Waals surface area contributed by atoms with Crippen molar-refractivity contribution in [2.75, 3.05) is 0 Å². The predicted molar refractivity (Wildman–Crippen MR) is 80.4 cm³/mol. The van der Waals surface area contributed by atoms with Gasteiger partial charge in [0.15, 0.2) is 0 Å². The van der Waals surface area contributed by atoms with Crippen LogP contribution in [-0.4, -0.2) is 16.4 Å². The van der Waals surface area contributed by atoms with Crippen molar-refractivity contribution in [2.24, 2.45) is 5.92 Å². The van der Waals surface area contributed by atoms with Crippen molar-refractivity contribution in [1.82, 2.24) is 10.3 Å². The average molecular weight is 268 g/mol. The molecule has 20 heavy (non-hydrogen) atoms. The van der Waals surface area contributed by atoms with Gasteiger partial charge in [0, 0.05) is 29.7 Å². The number of nitrogens with zero attached hydrogens (tertiary/aromatic N) is 1. The fraction of sp³-hybridized carbons (Fsp3) is 0.412. The number of carbonyl (C=O) groups excluding carboxylic acids is 1. The summed E-state index contributed by atoms with van der Waals surface area (Å²) in [5, 5.41) is 5.61. The van der Waals surface area contributed by atoms with Gasteiger partial charge in [-0.05, 0) is 29.7 Å². The SMILES string of the molecule is CC(C)C1(Cc2cncc3ccccc23)CCC(=O)N1. The fourth-order valence-corrected chi connectivity index (χ4v) is 3.17. The van der Waals surface area contributed by atoms with Crippen molar-refractivity contribution in [3.63, 3.8) is 0 Å². The molecule has 1 amide bonds. The molecule has 0 aliphatic carbocycles. The topological polar surface area (TPSA) is 42.0 Å². The number of nitrogens with one attached hydrogen (secondary N) is 1. The lowest BCUT2D eigenvalue weighted by atomic mass is 9.79. The predicted octanol–water partition coefficient (Wildman–Crippen LogP) is 3.08. The number of carbonyl (C=O) groups is 1. The Morgan fingerprint density at radius 1 is 1.30 bits per heavy atom. The lowest BCUT2D eigenvalue weighted by molar-refractivity contribution is -0.120. The van der Waals surface area contributed by atoms with E-state index in [0.29, 0.717) is 12.3 Å². The maximum Gasteiger partial charge on any atom is 0.220 e. The summed E-state index contributed by atoms with van der Waals surface area (Å²) in [4.78, 5) is 16.0. The van der Waals surface area contributed by atoms with Crippen LogP contribution in [-0.2, 0) is 11.2 Å². The lowest BCUT2D eigenvalue weighted by Gasteiger charge is -2.34. The van der Waals surface area contributed by atoms with E-state index in [2.05, 4.69) is 42.3 Å². The van der Waals surface area contributed by atoms with Crippen molar-refractivity contribution in [2.45, 2.75) is 38.6 Å². The van der Waals surface area contributed by atoms with Gasteiger partial charge in [-0.3, -0.25) is 9.78 Å². The minimum Gasteiger partial charge on any atom is -0.350 e. The van der Waals surface area contributed by atoms with Gasteiger partial charge in [-0.15, -0.1) is 0 Å². The molecule has 2 heterocycles. The van der Waals surface area contributed by atoms with E-state index in [9.17, 15) is 4.79 Å². The summed E-state index contributed by atoms with van der Waals surface area (Å²) in [6, 6.07) is 8.31. The largest absolute Gasteiger partial charge is 0.350 e. The van der Waals surface area contributed by atoms with Crippen LogP contribution in [0.1, 0.15) is 32.3 Å². The summed E-state index contributed by atoms with van der Waals surface area (Å²) in [6.45, 7) is 4.37. The van der Waals surface area contributed by atoms with Crippen LogP contribution < -0.4 is 5.32 Å². The Kier molecular flexibility index (Phi) is 3.20. The van der Waals surface area contributed by atoms with E-state index in [4.69, 9.17) is 0 Å². The van der Waals surface area contributed by atoms with Gasteiger partial charge in [-0.1, -0.05) is 38.1 Å². The number of fused-ring (bicyclic) bond motifs is 1. The minimum atomic E-state index is -0.122. The molecule has 2 aromatic rings. The first-order valence-corrected chi connectivity index (χ1v) is 7.23. The molecule has 0 radical (unpaired) electrons. The van der Waals surface area contributed by atoms with Crippen molar-refractivity contribution in [1.29, 1.82) is 0 Å². The minimum absolute atomic E-state index is 0.122. The smallest absolute Gasteiger partial charge is 0.220 e. The van der Waals surface area contributed by atoms with Gasteiger partial charge < -0.3 is 5.32 Å². The molecule has 1 fully saturated rings. The lowest BCUT2D eigenvalue weighted by Crippen LogP contribution is -2.48. The Hall–Kier alpha value is -1.90. The zero-order valence-electron chi connectivity index (χ0n) is 12.0. The van der Waals surface area contributed by atoms with E-state index in [0.717, 1.165) is 18.2 Å². The number of rotatable bonds is 3.